The zero-order chi connectivity index (χ0) is 14.0. The van der Waals surface area contributed by atoms with Crippen LogP contribution in [0.3, 0.4) is 0 Å². The summed E-state index contributed by atoms with van der Waals surface area (Å²) in [4.78, 5) is 18.6. The molecule has 0 radical (unpaired) electrons. The van der Waals surface area contributed by atoms with Crippen LogP contribution in [-0.2, 0) is 0 Å². The van der Waals surface area contributed by atoms with Gasteiger partial charge in [0.2, 0.25) is 0 Å². The van der Waals surface area contributed by atoms with Crippen molar-refractivity contribution in [3.63, 3.8) is 0 Å². The summed E-state index contributed by atoms with van der Waals surface area (Å²) in [5, 5.41) is 2.93. The van der Waals surface area contributed by atoms with Crippen LogP contribution in [0.4, 0.5) is 5.69 Å². The van der Waals surface area contributed by atoms with E-state index in [2.05, 4.69) is 30.2 Å². The van der Waals surface area contributed by atoms with E-state index in [1.165, 1.54) is 9.75 Å². The number of nitrogens with one attached hydrogen (secondary N) is 1. The molecule has 3 N–H and O–H groups in total. The number of pyridine rings is 1. The molecule has 0 saturated heterocycles. The van der Waals surface area contributed by atoms with Crippen LogP contribution in [0, 0.1) is 13.8 Å². The highest BCUT2D eigenvalue weighted by Gasteiger charge is 2.17. The van der Waals surface area contributed by atoms with Crippen LogP contribution in [0.15, 0.2) is 24.4 Å². The Bertz CT molecular complexity index is 606. The van der Waals surface area contributed by atoms with E-state index in [0.29, 0.717) is 5.69 Å². The molecule has 5 heteroatoms. The number of nitrogen functional groups attached to an aromatic ring is 1. The van der Waals surface area contributed by atoms with Crippen molar-refractivity contribution in [2.45, 2.75) is 26.8 Å². The summed E-state index contributed by atoms with van der Waals surface area (Å²) in [6.45, 7) is 6.09. The largest absolute Gasteiger partial charge is 0.397 e. The lowest BCUT2D eigenvalue weighted by Crippen LogP contribution is -2.28. The minimum absolute atomic E-state index is 0.0566. The molecule has 0 fully saturated rings. The Labute approximate surface area is 116 Å². The fraction of sp³-hybridized carbons (Fsp3) is 0.286. The fourth-order valence-corrected chi connectivity index (χ4v) is 3.05. The predicted molar refractivity (Wildman–Crippen MR) is 78.3 cm³/mol. The maximum absolute atomic E-state index is 12.1. The number of aryl methyl sites for hydroxylation is 2. The fourth-order valence-electron chi connectivity index (χ4n) is 2.03. The van der Waals surface area contributed by atoms with Crippen LogP contribution in [0.5, 0.6) is 0 Å². The first-order chi connectivity index (χ1) is 8.99. The van der Waals surface area contributed by atoms with Gasteiger partial charge in [0.25, 0.3) is 5.91 Å². The third-order valence-corrected chi connectivity index (χ3v) is 3.93. The number of hydrogen-bond acceptors (Lipinski definition) is 4. The summed E-state index contributed by atoms with van der Waals surface area (Å²) in [5.74, 6) is -0.242. The zero-order valence-electron chi connectivity index (χ0n) is 11.2. The molecule has 19 heavy (non-hydrogen) atoms. The number of carbonyl (C=O) groups excluding carboxylic acids is 1. The van der Waals surface area contributed by atoms with Gasteiger partial charge in [0.1, 0.15) is 0 Å². The molecular weight excluding hydrogens is 258 g/mol. The summed E-state index contributed by atoms with van der Waals surface area (Å²) in [6.07, 6.45) is 1.57. The first-order valence-corrected chi connectivity index (χ1v) is 6.89. The Morgan fingerprint density at radius 1 is 1.47 bits per heavy atom. The van der Waals surface area contributed by atoms with Crippen LogP contribution < -0.4 is 11.1 Å². The highest BCUT2D eigenvalue weighted by Crippen LogP contribution is 2.26. The molecule has 1 unspecified atom stereocenters. The number of aromatic nitrogens is 1. The third-order valence-electron chi connectivity index (χ3n) is 2.95. The maximum Gasteiger partial charge on any atom is 0.272 e. The second kappa shape index (κ2) is 5.40. The van der Waals surface area contributed by atoms with Crippen molar-refractivity contribution < 1.29 is 4.79 Å². The van der Waals surface area contributed by atoms with Crippen LogP contribution in [0.25, 0.3) is 0 Å². The minimum Gasteiger partial charge on any atom is -0.397 e. The normalized spacial score (nSPS) is 12.2. The molecule has 2 aromatic heterocycles. The molecular formula is C14H17N3OS. The number of rotatable bonds is 3. The van der Waals surface area contributed by atoms with Crippen molar-refractivity contribution in [1.82, 2.24) is 10.3 Å². The zero-order valence-corrected chi connectivity index (χ0v) is 12.0. The van der Waals surface area contributed by atoms with E-state index in [-0.39, 0.29) is 17.6 Å². The van der Waals surface area contributed by atoms with Gasteiger partial charge in [-0.05, 0) is 44.5 Å². The Balaban J connectivity index is 2.15. The molecule has 0 aliphatic rings. The van der Waals surface area contributed by atoms with E-state index >= 15 is 0 Å². The minimum atomic E-state index is -0.242. The van der Waals surface area contributed by atoms with E-state index in [0.717, 1.165) is 5.56 Å². The highest BCUT2D eigenvalue weighted by atomic mass is 32.1. The van der Waals surface area contributed by atoms with Crippen molar-refractivity contribution in [3.8, 4) is 0 Å². The molecule has 2 aromatic rings. The average Bonchev–Trinajstić information content (AvgIpc) is 2.69. The number of thiophene rings is 1. The summed E-state index contributed by atoms with van der Waals surface area (Å²) in [6, 6.07) is 5.43. The van der Waals surface area contributed by atoms with Crippen LogP contribution in [0.1, 0.15) is 38.8 Å². The van der Waals surface area contributed by atoms with Gasteiger partial charge >= 0.3 is 0 Å². The number of hydrogen-bond donors (Lipinski definition) is 2. The van der Waals surface area contributed by atoms with E-state index in [9.17, 15) is 4.79 Å². The number of amides is 1. The number of anilines is 1. The highest BCUT2D eigenvalue weighted by molar-refractivity contribution is 7.12. The average molecular weight is 275 g/mol. The third kappa shape index (κ3) is 2.93. The van der Waals surface area contributed by atoms with E-state index < -0.39 is 0 Å². The standard InChI is InChI=1S/C14H17N3OS/c1-8-7-11(10(3)19-8)9(2)17-14(18)13-12(15)5-4-6-16-13/h4-7,9H,15H2,1-3H3,(H,17,18). The Morgan fingerprint density at radius 2 is 2.21 bits per heavy atom. The molecule has 100 valence electrons. The number of carbonyl (C=O) groups is 1. The van der Waals surface area contributed by atoms with Gasteiger partial charge in [0, 0.05) is 16.0 Å². The van der Waals surface area contributed by atoms with E-state index in [1.54, 1.807) is 29.7 Å². The molecule has 0 aromatic carbocycles. The molecule has 2 heterocycles. The van der Waals surface area contributed by atoms with Gasteiger partial charge in [-0.3, -0.25) is 4.79 Å². The number of nitrogens with two attached hydrogens (primary N) is 1. The molecule has 0 aliphatic heterocycles. The second-order valence-electron chi connectivity index (χ2n) is 4.50. The Kier molecular flexibility index (Phi) is 3.85. The monoisotopic (exact) mass is 275 g/mol. The predicted octanol–water partition coefficient (Wildman–Crippen LogP) is 2.83. The van der Waals surface area contributed by atoms with Crippen molar-refractivity contribution in [2.24, 2.45) is 0 Å². The van der Waals surface area contributed by atoms with Gasteiger partial charge < -0.3 is 11.1 Å². The molecule has 2 rings (SSSR count). The Hall–Kier alpha value is -1.88. The van der Waals surface area contributed by atoms with Crippen molar-refractivity contribution in [1.29, 1.82) is 0 Å². The van der Waals surface area contributed by atoms with Gasteiger partial charge in [-0.25, -0.2) is 4.98 Å². The summed E-state index contributed by atoms with van der Waals surface area (Å²) >= 11 is 1.73. The van der Waals surface area contributed by atoms with Gasteiger partial charge in [-0.1, -0.05) is 0 Å². The van der Waals surface area contributed by atoms with Crippen molar-refractivity contribution >= 4 is 22.9 Å². The molecule has 0 aliphatic carbocycles. The van der Waals surface area contributed by atoms with E-state index in [4.69, 9.17) is 5.73 Å². The van der Waals surface area contributed by atoms with Gasteiger partial charge in [-0.15, -0.1) is 11.3 Å². The first kappa shape index (κ1) is 13.5. The second-order valence-corrected chi connectivity index (χ2v) is 5.97. The van der Waals surface area contributed by atoms with Crippen LogP contribution in [0.2, 0.25) is 0 Å². The molecule has 1 amide bonds. The van der Waals surface area contributed by atoms with Crippen LogP contribution in [-0.4, -0.2) is 10.9 Å². The summed E-state index contributed by atoms with van der Waals surface area (Å²) < 4.78 is 0. The SMILES string of the molecule is Cc1cc(C(C)NC(=O)c2ncccc2N)c(C)s1. The molecule has 1 atom stereocenters. The quantitative estimate of drug-likeness (QED) is 0.905. The maximum atomic E-state index is 12.1. The smallest absolute Gasteiger partial charge is 0.272 e. The first-order valence-electron chi connectivity index (χ1n) is 6.07. The van der Waals surface area contributed by atoms with Gasteiger partial charge in [-0.2, -0.15) is 0 Å². The van der Waals surface area contributed by atoms with Gasteiger partial charge in [0.05, 0.1) is 11.7 Å². The Morgan fingerprint density at radius 3 is 2.79 bits per heavy atom. The lowest BCUT2D eigenvalue weighted by Gasteiger charge is -2.14. The lowest BCUT2D eigenvalue weighted by atomic mass is 10.1. The molecule has 0 spiro atoms. The molecule has 0 saturated carbocycles. The topological polar surface area (TPSA) is 68.0 Å². The number of nitrogens with zero attached hydrogens (tertiary/aromatic N) is 1. The summed E-state index contributed by atoms with van der Waals surface area (Å²) in [5.41, 5.74) is 7.56. The van der Waals surface area contributed by atoms with Crippen LogP contribution >= 0.6 is 11.3 Å². The van der Waals surface area contributed by atoms with Crippen molar-refractivity contribution in [3.05, 3.63) is 45.4 Å². The molecule has 4 nitrogen and oxygen atoms in total. The summed E-state index contributed by atoms with van der Waals surface area (Å²) in [7, 11) is 0. The van der Waals surface area contributed by atoms with Crippen molar-refractivity contribution in [2.75, 3.05) is 5.73 Å². The molecule has 0 bridgehead atoms. The van der Waals surface area contributed by atoms with Gasteiger partial charge in [0.15, 0.2) is 5.69 Å². The lowest BCUT2D eigenvalue weighted by molar-refractivity contribution is 0.0936. The van der Waals surface area contributed by atoms with E-state index in [1.807, 2.05) is 6.92 Å².